The summed E-state index contributed by atoms with van der Waals surface area (Å²) in [5.74, 6) is -1.09. The summed E-state index contributed by atoms with van der Waals surface area (Å²) < 4.78 is 0. The summed E-state index contributed by atoms with van der Waals surface area (Å²) >= 11 is 0. The number of rotatable bonds is 6. The first-order chi connectivity index (χ1) is 14.7. The second kappa shape index (κ2) is 8.95. The number of amides is 3. The lowest BCUT2D eigenvalue weighted by molar-refractivity contribution is -0.385. The van der Waals surface area contributed by atoms with Crippen LogP contribution in [0.1, 0.15) is 36.2 Å². The number of hydrogen-bond acceptors (Lipinski definition) is 5. The summed E-state index contributed by atoms with van der Waals surface area (Å²) in [5, 5.41) is 16.5. The Bertz CT molecular complexity index is 1030. The standard InChI is InChI=1S/C22H24N4O5/c1-13(2)25-12-16(11-20(25)27)22(29)23-17-9-7-15(8-10-17)21(28)24-18-5-4-6-19(14(18)3)26(30)31/h4-10,13,16H,11-12H2,1-3H3,(H,23,29)(H,24,28). The van der Waals surface area contributed by atoms with Gasteiger partial charge in [-0.1, -0.05) is 6.07 Å². The van der Waals surface area contributed by atoms with E-state index in [1.165, 1.54) is 12.1 Å². The number of anilines is 2. The van der Waals surface area contributed by atoms with E-state index in [1.54, 1.807) is 42.2 Å². The lowest BCUT2D eigenvalue weighted by Gasteiger charge is -2.20. The molecule has 1 fully saturated rings. The van der Waals surface area contributed by atoms with Crippen LogP contribution in [0.3, 0.4) is 0 Å². The number of nitrogens with one attached hydrogen (secondary N) is 2. The number of nitro benzene ring substituents is 1. The minimum atomic E-state index is -0.499. The van der Waals surface area contributed by atoms with Gasteiger partial charge in [0, 0.05) is 36.3 Å². The summed E-state index contributed by atoms with van der Waals surface area (Å²) in [5.41, 5.74) is 1.51. The topological polar surface area (TPSA) is 122 Å². The van der Waals surface area contributed by atoms with Crippen molar-refractivity contribution in [2.24, 2.45) is 5.92 Å². The van der Waals surface area contributed by atoms with E-state index < -0.39 is 16.7 Å². The van der Waals surface area contributed by atoms with Crippen LogP contribution >= 0.6 is 0 Å². The Kier molecular flexibility index (Phi) is 6.33. The molecular formula is C22H24N4O5. The molecule has 1 saturated heterocycles. The molecule has 2 aromatic carbocycles. The number of nitro groups is 1. The van der Waals surface area contributed by atoms with Gasteiger partial charge in [0.1, 0.15) is 0 Å². The third kappa shape index (κ3) is 4.88. The number of carbonyl (C=O) groups excluding carboxylic acids is 3. The van der Waals surface area contributed by atoms with E-state index in [2.05, 4.69) is 10.6 Å². The molecule has 162 valence electrons. The quantitative estimate of drug-likeness (QED) is 0.544. The van der Waals surface area contributed by atoms with Crippen LogP contribution in [0.4, 0.5) is 17.1 Å². The Morgan fingerprint density at radius 1 is 1.13 bits per heavy atom. The molecule has 2 aromatic rings. The van der Waals surface area contributed by atoms with Crippen molar-refractivity contribution >= 4 is 34.8 Å². The van der Waals surface area contributed by atoms with Gasteiger partial charge in [0.05, 0.1) is 22.1 Å². The van der Waals surface area contributed by atoms with Gasteiger partial charge in [-0.3, -0.25) is 24.5 Å². The predicted octanol–water partition coefficient (Wildman–Crippen LogP) is 3.35. The fourth-order valence-corrected chi connectivity index (χ4v) is 3.51. The zero-order valence-corrected chi connectivity index (χ0v) is 17.5. The second-order valence-corrected chi connectivity index (χ2v) is 7.77. The van der Waals surface area contributed by atoms with E-state index in [9.17, 15) is 24.5 Å². The highest BCUT2D eigenvalue weighted by Gasteiger charge is 2.35. The van der Waals surface area contributed by atoms with Crippen LogP contribution in [-0.4, -0.2) is 40.1 Å². The van der Waals surface area contributed by atoms with E-state index in [4.69, 9.17) is 0 Å². The first-order valence-corrected chi connectivity index (χ1v) is 9.93. The van der Waals surface area contributed by atoms with Gasteiger partial charge in [-0.25, -0.2) is 0 Å². The Morgan fingerprint density at radius 3 is 2.39 bits per heavy atom. The average molecular weight is 424 g/mol. The molecule has 0 aliphatic carbocycles. The predicted molar refractivity (Wildman–Crippen MR) is 116 cm³/mol. The van der Waals surface area contributed by atoms with Crippen LogP contribution in [0.15, 0.2) is 42.5 Å². The average Bonchev–Trinajstić information content (AvgIpc) is 3.12. The molecule has 0 saturated carbocycles. The number of carbonyl (C=O) groups is 3. The maximum atomic E-state index is 12.5. The van der Waals surface area contributed by atoms with Crippen LogP contribution in [0.2, 0.25) is 0 Å². The minimum absolute atomic E-state index is 0.0291. The van der Waals surface area contributed by atoms with E-state index in [1.807, 2.05) is 13.8 Å². The lowest BCUT2D eigenvalue weighted by atomic mass is 10.1. The van der Waals surface area contributed by atoms with Crippen LogP contribution < -0.4 is 10.6 Å². The van der Waals surface area contributed by atoms with Crippen molar-refractivity contribution in [2.45, 2.75) is 33.2 Å². The van der Waals surface area contributed by atoms with Crippen molar-refractivity contribution in [3.8, 4) is 0 Å². The van der Waals surface area contributed by atoms with Gasteiger partial charge in [0.2, 0.25) is 11.8 Å². The molecule has 9 heteroatoms. The lowest BCUT2D eigenvalue weighted by Crippen LogP contribution is -2.33. The van der Waals surface area contributed by atoms with Gasteiger partial charge in [-0.2, -0.15) is 0 Å². The molecule has 1 aliphatic rings. The number of benzene rings is 2. The molecule has 1 unspecified atom stereocenters. The van der Waals surface area contributed by atoms with Gasteiger partial charge < -0.3 is 15.5 Å². The maximum Gasteiger partial charge on any atom is 0.274 e. The summed E-state index contributed by atoms with van der Waals surface area (Å²) in [7, 11) is 0. The fourth-order valence-electron chi connectivity index (χ4n) is 3.51. The zero-order valence-electron chi connectivity index (χ0n) is 17.5. The number of hydrogen-bond donors (Lipinski definition) is 2. The molecule has 31 heavy (non-hydrogen) atoms. The highest BCUT2D eigenvalue weighted by molar-refractivity contribution is 6.05. The van der Waals surface area contributed by atoms with E-state index >= 15 is 0 Å². The summed E-state index contributed by atoms with van der Waals surface area (Å²) in [4.78, 5) is 49.2. The third-order valence-corrected chi connectivity index (χ3v) is 5.32. The largest absolute Gasteiger partial charge is 0.339 e. The summed E-state index contributed by atoms with van der Waals surface area (Å²) in [6.07, 6.45) is 0.188. The van der Waals surface area contributed by atoms with Crippen LogP contribution in [0.5, 0.6) is 0 Å². The SMILES string of the molecule is Cc1c(NC(=O)c2ccc(NC(=O)C3CC(=O)N(C(C)C)C3)cc2)cccc1[N+](=O)[O-]. The zero-order chi connectivity index (χ0) is 22.7. The molecule has 1 heterocycles. The van der Waals surface area contributed by atoms with E-state index in [-0.39, 0.29) is 30.0 Å². The van der Waals surface area contributed by atoms with Gasteiger partial charge in [-0.05, 0) is 51.1 Å². The van der Waals surface area contributed by atoms with Gasteiger partial charge in [-0.15, -0.1) is 0 Å². The Balaban J connectivity index is 1.63. The monoisotopic (exact) mass is 424 g/mol. The number of nitrogens with zero attached hydrogens (tertiary/aromatic N) is 2. The maximum absolute atomic E-state index is 12.5. The molecule has 0 aromatic heterocycles. The molecule has 0 spiro atoms. The second-order valence-electron chi connectivity index (χ2n) is 7.77. The summed E-state index contributed by atoms with van der Waals surface area (Å²) in [6.45, 7) is 5.79. The van der Waals surface area contributed by atoms with Gasteiger partial charge >= 0.3 is 0 Å². The van der Waals surface area contributed by atoms with Crippen LogP contribution in [0.25, 0.3) is 0 Å². The van der Waals surface area contributed by atoms with Crippen molar-refractivity contribution < 1.29 is 19.3 Å². The Hall–Kier alpha value is -3.75. The Morgan fingerprint density at radius 2 is 1.81 bits per heavy atom. The van der Waals surface area contributed by atoms with Crippen molar-refractivity contribution in [1.29, 1.82) is 0 Å². The molecule has 1 aliphatic heterocycles. The van der Waals surface area contributed by atoms with Crippen molar-refractivity contribution in [1.82, 2.24) is 4.90 Å². The first kappa shape index (κ1) is 21.9. The van der Waals surface area contributed by atoms with Crippen LogP contribution in [0, 0.1) is 23.0 Å². The van der Waals surface area contributed by atoms with E-state index in [0.29, 0.717) is 29.0 Å². The fraction of sp³-hybridized carbons (Fsp3) is 0.318. The molecular weight excluding hydrogens is 400 g/mol. The molecule has 2 N–H and O–H groups in total. The Labute approximate surface area is 179 Å². The van der Waals surface area contributed by atoms with Crippen molar-refractivity contribution in [3.63, 3.8) is 0 Å². The summed E-state index contributed by atoms with van der Waals surface area (Å²) in [6, 6.07) is 10.8. The van der Waals surface area contributed by atoms with Gasteiger partial charge in [0.25, 0.3) is 11.6 Å². The molecule has 9 nitrogen and oxygen atoms in total. The highest BCUT2D eigenvalue weighted by Crippen LogP contribution is 2.26. The highest BCUT2D eigenvalue weighted by atomic mass is 16.6. The van der Waals surface area contributed by atoms with Crippen molar-refractivity contribution in [3.05, 3.63) is 63.7 Å². The van der Waals surface area contributed by atoms with E-state index in [0.717, 1.165) is 0 Å². The number of likely N-dealkylation sites (tertiary alicyclic amines) is 1. The molecule has 1 atom stereocenters. The normalized spacial score (nSPS) is 15.8. The van der Waals surface area contributed by atoms with Gasteiger partial charge in [0.15, 0.2) is 0 Å². The molecule has 0 radical (unpaired) electrons. The molecule has 3 amide bonds. The van der Waals surface area contributed by atoms with Crippen LogP contribution in [-0.2, 0) is 9.59 Å². The molecule has 0 bridgehead atoms. The molecule has 3 rings (SSSR count). The first-order valence-electron chi connectivity index (χ1n) is 9.93. The minimum Gasteiger partial charge on any atom is -0.339 e. The van der Waals surface area contributed by atoms with Crippen molar-refractivity contribution in [2.75, 3.05) is 17.2 Å². The smallest absolute Gasteiger partial charge is 0.274 e. The third-order valence-electron chi connectivity index (χ3n) is 5.32.